The molecule has 5 nitrogen and oxygen atoms in total. The second-order valence-corrected chi connectivity index (χ2v) is 9.47. The van der Waals surface area contributed by atoms with E-state index in [2.05, 4.69) is 22.6 Å². The molecule has 1 N–H and O–H groups in total. The Hall–Kier alpha value is -1.81. The molecule has 6 heteroatoms. The highest BCUT2D eigenvalue weighted by Gasteiger charge is 2.46. The van der Waals surface area contributed by atoms with Crippen LogP contribution in [0.5, 0.6) is 0 Å². The van der Waals surface area contributed by atoms with Crippen molar-refractivity contribution < 1.29 is 24.1 Å². The Labute approximate surface area is 208 Å². The third-order valence-electron chi connectivity index (χ3n) is 5.55. The number of aliphatic hydroxyl groups excluding tert-OH is 1. The second-order valence-electron chi connectivity index (χ2n) is 8.03. The number of benzene rings is 3. The summed E-state index contributed by atoms with van der Waals surface area (Å²) in [5.74, 6) is 0. The molecule has 1 fully saturated rings. The quantitative estimate of drug-likeness (QED) is 0.283. The van der Waals surface area contributed by atoms with Gasteiger partial charge >= 0.3 is 0 Å². The van der Waals surface area contributed by atoms with Gasteiger partial charge in [0.05, 0.1) is 30.4 Å². The van der Waals surface area contributed by atoms with Gasteiger partial charge in [0, 0.05) is 0 Å². The number of hydrogen-bond donors (Lipinski definition) is 1. The van der Waals surface area contributed by atoms with Crippen LogP contribution in [0.4, 0.5) is 0 Å². The van der Waals surface area contributed by atoms with Crippen molar-refractivity contribution in [3.05, 3.63) is 108 Å². The maximum Gasteiger partial charge on any atom is 0.169 e. The Bertz CT molecular complexity index is 941. The Morgan fingerprint density at radius 1 is 0.667 bits per heavy atom. The van der Waals surface area contributed by atoms with E-state index in [1.807, 2.05) is 91.0 Å². The molecule has 3 aromatic rings. The van der Waals surface area contributed by atoms with Gasteiger partial charge in [0.15, 0.2) is 6.29 Å². The first-order chi connectivity index (χ1) is 16.2. The number of rotatable bonds is 10. The van der Waals surface area contributed by atoms with E-state index < -0.39 is 18.5 Å². The van der Waals surface area contributed by atoms with Crippen LogP contribution in [0.15, 0.2) is 91.0 Å². The first kappa shape index (κ1) is 24.3. The van der Waals surface area contributed by atoms with Gasteiger partial charge in [-0.2, -0.15) is 0 Å². The number of halogens is 1. The average molecular weight is 560 g/mol. The summed E-state index contributed by atoms with van der Waals surface area (Å²) in [7, 11) is 0. The van der Waals surface area contributed by atoms with Crippen molar-refractivity contribution in [2.45, 2.75) is 48.3 Å². The highest BCUT2D eigenvalue weighted by atomic mass is 127. The lowest BCUT2D eigenvalue weighted by atomic mass is 10.0. The summed E-state index contributed by atoms with van der Waals surface area (Å²) in [4.78, 5) is 0. The smallest absolute Gasteiger partial charge is 0.169 e. The van der Waals surface area contributed by atoms with Crippen LogP contribution >= 0.6 is 22.6 Å². The molecule has 0 unspecified atom stereocenters. The van der Waals surface area contributed by atoms with Crippen LogP contribution in [0.3, 0.4) is 0 Å². The molecule has 174 valence electrons. The van der Waals surface area contributed by atoms with Crippen LogP contribution in [0, 0.1) is 0 Å². The van der Waals surface area contributed by atoms with Crippen LogP contribution in [0.1, 0.15) is 16.7 Å². The number of alkyl halides is 1. The van der Waals surface area contributed by atoms with Crippen molar-refractivity contribution in [1.29, 1.82) is 0 Å². The van der Waals surface area contributed by atoms with Gasteiger partial charge in [0.25, 0.3) is 0 Å². The van der Waals surface area contributed by atoms with Crippen molar-refractivity contribution in [2.75, 3.05) is 6.61 Å². The van der Waals surface area contributed by atoms with Crippen LogP contribution in [0.2, 0.25) is 0 Å². The lowest BCUT2D eigenvalue weighted by Crippen LogP contribution is -2.58. The van der Waals surface area contributed by atoms with Crippen LogP contribution < -0.4 is 0 Å². The number of aliphatic hydroxyl groups is 1. The van der Waals surface area contributed by atoms with Gasteiger partial charge in [-0.05, 0) is 16.7 Å². The lowest BCUT2D eigenvalue weighted by Gasteiger charge is -2.42. The molecular formula is C27H29IO5. The van der Waals surface area contributed by atoms with E-state index in [0.717, 1.165) is 16.7 Å². The van der Waals surface area contributed by atoms with Crippen LogP contribution in [-0.2, 0) is 38.8 Å². The monoisotopic (exact) mass is 560 g/mol. The van der Waals surface area contributed by atoms with E-state index in [1.54, 1.807) is 0 Å². The molecule has 0 saturated carbocycles. The minimum absolute atomic E-state index is 0.280. The maximum atomic E-state index is 10.6. The van der Waals surface area contributed by atoms with Crippen molar-refractivity contribution in [2.24, 2.45) is 0 Å². The molecule has 4 rings (SSSR count). The summed E-state index contributed by atoms with van der Waals surface area (Å²) in [6.45, 7) is 1.61. The summed E-state index contributed by atoms with van der Waals surface area (Å²) in [6.07, 6.45) is -2.17. The molecule has 1 saturated heterocycles. The Kier molecular flexibility index (Phi) is 9.28. The summed E-state index contributed by atoms with van der Waals surface area (Å²) >= 11 is 2.19. The molecule has 0 aliphatic carbocycles. The summed E-state index contributed by atoms with van der Waals surface area (Å²) < 4.78 is 24.3. The topological polar surface area (TPSA) is 57.2 Å². The lowest BCUT2D eigenvalue weighted by molar-refractivity contribution is -0.258. The largest absolute Gasteiger partial charge is 0.374 e. The zero-order chi connectivity index (χ0) is 22.9. The zero-order valence-electron chi connectivity index (χ0n) is 18.3. The molecule has 3 aromatic carbocycles. The summed E-state index contributed by atoms with van der Waals surface area (Å²) in [5.41, 5.74) is 3.22. The third-order valence-corrected chi connectivity index (χ3v) is 6.88. The fourth-order valence-electron chi connectivity index (χ4n) is 3.81. The number of hydrogen-bond acceptors (Lipinski definition) is 5. The molecule has 0 spiro atoms. The molecule has 1 aliphatic heterocycles. The fourth-order valence-corrected chi connectivity index (χ4v) is 4.60. The summed E-state index contributed by atoms with van der Waals surface area (Å²) in [5, 5.41) is 10.6. The van der Waals surface area contributed by atoms with Gasteiger partial charge in [0.1, 0.15) is 18.3 Å². The van der Waals surface area contributed by atoms with Crippen molar-refractivity contribution in [1.82, 2.24) is 0 Å². The molecule has 33 heavy (non-hydrogen) atoms. The minimum Gasteiger partial charge on any atom is -0.374 e. The zero-order valence-corrected chi connectivity index (χ0v) is 20.5. The number of ether oxygens (including phenoxy) is 4. The highest BCUT2D eigenvalue weighted by Crippen LogP contribution is 2.31. The Morgan fingerprint density at radius 3 is 1.64 bits per heavy atom. The van der Waals surface area contributed by atoms with Crippen LogP contribution in [-0.4, -0.2) is 40.2 Å². The third kappa shape index (κ3) is 7.09. The van der Waals surface area contributed by atoms with Crippen molar-refractivity contribution in [3.63, 3.8) is 0 Å². The maximum absolute atomic E-state index is 10.6. The Balaban J connectivity index is 1.46. The molecule has 0 amide bonds. The first-order valence-corrected chi connectivity index (χ1v) is 12.4. The van der Waals surface area contributed by atoms with Gasteiger partial charge in [-0.15, -0.1) is 0 Å². The predicted octanol–water partition coefficient (Wildman–Crippen LogP) is 4.89. The van der Waals surface area contributed by atoms with Gasteiger partial charge in [-0.1, -0.05) is 114 Å². The van der Waals surface area contributed by atoms with E-state index in [-0.39, 0.29) is 10.0 Å². The molecule has 0 aromatic heterocycles. The standard InChI is InChI=1S/C27H29IO5/c28-24-26(32-18-22-14-8-3-9-15-22)25(31-17-21-12-6-2-7-13-21)23(33-27(24)29)19-30-16-20-10-4-1-5-11-20/h1-15,23-27,29H,16-19H2/t23-,24-,25-,26-,27+/m1/s1. The minimum atomic E-state index is -0.965. The van der Waals surface area contributed by atoms with E-state index in [9.17, 15) is 5.11 Å². The van der Waals surface area contributed by atoms with E-state index in [4.69, 9.17) is 18.9 Å². The van der Waals surface area contributed by atoms with Crippen LogP contribution in [0.25, 0.3) is 0 Å². The average Bonchev–Trinajstić information content (AvgIpc) is 2.86. The van der Waals surface area contributed by atoms with E-state index in [1.165, 1.54) is 0 Å². The normalized spacial score (nSPS) is 25.1. The van der Waals surface area contributed by atoms with Gasteiger partial charge in [0.2, 0.25) is 0 Å². The molecule has 5 atom stereocenters. The molecular weight excluding hydrogens is 531 g/mol. The predicted molar refractivity (Wildman–Crippen MR) is 135 cm³/mol. The molecule has 0 radical (unpaired) electrons. The van der Waals surface area contributed by atoms with Crippen molar-refractivity contribution in [3.8, 4) is 0 Å². The van der Waals surface area contributed by atoms with E-state index in [0.29, 0.717) is 26.4 Å². The molecule has 0 bridgehead atoms. The molecule has 1 aliphatic rings. The van der Waals surface area contributed by atoms with Gasteiger partial charge in [-0.3, -0.25) is 0 Å². The van der Waals surface area contributed by atoms with Crippen molar-refractivity contribution >= 4 is 22.6 Å². The SMILES string of the molecule is O[C@H]1O[C@H](COCc2ccccc2)[C@@H](OCc2ccccc2)[C@H](OCc2ccccc2)[C@H]1I. The fraction of sp³-hybridized carbons (Fsp3) is 0.333. The molecule has 1 heterocycles. The van der Waals surface area contributed by atoms with Gasteiger partial charge < -0.3 is 24.1 Å². The second kappa shape index (κ2) is 12.6. The first-order valence-electron chi connectivity index (χ1n) is 11.1. The summed E-state index contributed by atoms with van der Waals surface area (Å²) in [6, 6.07) is 30.0. The van der Waals surface area contributed by atoms with E-state index >= 15 is 0 Å². The Morgan fingerprint density at radius 2 is 1.12 bits per heavy atom. The highest BCUT2D eigenvalue weighted by molar-refractivity contribution is 14.1. The van der Waals surface area contributed by atoms with Gasteiger partial charge in [-0.25, -0.2) is 0 Å².